The van der Waals surface area contributed by atoms with Crippen molar-refractivity contribution < 1.29 is 9.53 Å². The Kier molecular flexibility index (Phi) is 6.44. The summed E-state index contributed by atoms with van der Waals surface area (Å²) >= 11 is 0. The minimum atomic E-state index is -0.370. The van der Waals surface area contributed by atoms with E-state index in [2.05, 4.69) is 40.5 Å². The van der Waals surface area contributed by atoms with Crippen LogP contribution >= 0.6 is 0 Å². The number of carbonyl (C=O) groups excluding carboxylic acids is 1. The maximum Gasteiger partial charge on any atom is 0.340 e. The topological polar surface area (TPSA) is 76.1 Å². The standard InChI is InChI=1S/C23H26N4O2/c1-5-29-22(28)18-11-7-9-13-20(18)25-21-14-16(4)24-23(27-21)26-19-12-8-6-10-17(19)15(2)3/h6-15H,5H2,1-4H3,(H2,24,25,26,27). The molecule has 3 aromatic rings. The van der Waals surface area contributed by atoms with Crippen LogP contribution in [0, 0.1) is 6.92 Å². The minimum Gasteiger partial charge on any atom is -0.462 e. The second kappa shape index (κ2) is 9.19. The summed E-state index contributed by atoms with van der Waals surface area (Å²) in [5.41, 5.74) is 4.08. The van der Waals surface area contributed by atoms with Gasteiger partial charge in [-0.2, -0.15) is 4.98 Å². The van der Waals surface area contributed by atoms with Gasteiger partial charge in [-0.05, 0) is 43.5 Å². The number of carbonyl (C=O) groups is 1. The first-order chi connectivity index (χ1) is 14.0. The Morgan fingerprint density at radius 1 is 1.00 bits per heavy atom. The van der Waals surface area contributed by atoms with E-state index < -0.39 is 0 Å². The molecule has 29 heavy (non-hydrogen) atoms. The zero-order chi connectivity index (χ0) is 20.8. The molecule has 0 fully saturated rings. The van der Waals surface area contributed by atoms with E-state index in [1.807, 2.05) is 43.3 Å². The molecule has 150 valence electrons. The third-order valence-electron chi connectivity index (χ3n) is 4.37. The van der Waals surface area contributed by atoms with Crippen LogP contribution in [-0.4, -0.2) is 22.5 Å². The van der Waals surface area contributed by atoms with Crippen LogP contribution in [0.1, 0.15) is 48.3 Å². The molecule has 0 saturated carbocycles. The second-order valence-corrected chi connectivity index (χ2v) is 6.98. The van der Waals surface area contributed by atoms with E-state index in [4.69, 9.17) is 4.74 Å². The van der Waals surface area contributed by atoms with E-state index in [9.17, 15) is 4.79 Å². The van der Waals surface area contributed by atoms with E-state index in [1.165, 1.54) is 5.56 Å². The van der Waals surface area contributed by atoms with Gasteiger partial charge in [-0.3, -0.25) is 0 Å². The van der Waals surface area contributed by atoms with Crippen molar-refractivity contribution in [3.8, 4) is 0 Å². The molecule has 1 aromatic heterocycles. The number of nitrogens with one attached hydrogen (secondary N) is 2. The van der Waals surface area contributed by atoms with Crippen molar-refractivity contribution in [1.82, 2.24) is 9.97 Å². The number of anilines is 4. The summed E-state index contributed by atoms with van der Waals surface area (Å²) in [7, 11) is 0. The number of hydrogen-bond donors (Lipinski definition) is 2. The van der Waals surface area contributed by atoms with Crippen molar-refractivity contribution >= 4 is 29.1 Å². The third-order valence-corrected chi connectivity index (χ3v) is 4.37. The Bertz CT molecular complexity index is 1000. The highest BCUT2D eigenvalue weighted by molar-refractivity contribution is 5.96. The molecule has 0 spiro atoms. The van der Waals surface area contributed by atoms with Crippen molar-refractivity contribution in [2.75, 3.05) is 17.2 Å². The molecule has 6 heteroatoms. The summed E-state index contributed by atoms with van der Waals surface area (Å²) < 4.78 is 5.14. The summed E-state index contributed by atoms with van der Waals surface area (Å²) in [4.78, 5) is 21.3. The quantitative estimate of drug-likeness (QED) is 0.514. The Hall–Kier alpha value is -3.41. The first-order valence-electron chi connectivity index (χ1n) is 9.72. The van der Waals surface area contributed by atoms with Crippen LogP contribution < -0.4 is 10.6 Å². The summed E-state index contributed by atoms with van der Waals surface area (Å²) in [5.74, 6) is 1.09. The van der Waals surface area contributed by atoms with Gasteiger partial charge in [0.05, 0.1) is 17.9 Å². The molecule has 0 radical (unpaired) electrons. The Morgan fingerprint density at radius 2 is 1.69 bits per heavy atom. The van der Waals surface area contributed by atoms with Crippen LogP contribution in [0.2, 0.25) is 0 Å². The van der Waals surface area contributed by atoms with Crippen LogP contribution in [0.4, 0.5) is 23.1 Å². The SMILES string of the molecule is CCOC(=O)c1ccccc1Nc1cc(C)nc(Nc2ccccc2C(C)C)n1. The molecule has 1 heterocycles. The highest BCUT2D eigenvalue weighted by Crippen LogP contribution is 2.27. The first-order valence-corrected chi connectivity index (χ1v) is 9.72. The fourth-order valence-electron chi connectivity index (χ4n) is 3.04. The van der Waals surface area contributed by atoms with Gasteiger partial charge in [-0.1, -0.05) is 44.2 Å². The van der Waals surface area contributed by atoms with Crippen molar-refractivity contribution in [2.24, 2.45) is 0 Å². The number of nitrogens with zero attached hydrogens (tertiary/aromatic N) is 2. The lowest BCUT2D eigenvalue weighted by molar-refractivity contribution is 0.0527. The zero-order valence-electron chi connectivity index (χ0n) is 17.2. The molecule has 0 saturated heterocycles. The van der Waals surface area contributed by atoms with Crippen molar-refractivity contribution in [3.63, 3.8) is 0 Å². The van der Waals surface area contributed by atoms with Gasteiger partial charge in [0.1, 0.15) is 5.82 Å². The van der Waals surface area contributed by atoms with Gasteiger partial charge in [0, 0.05) is 17.4 Å². The molecule has 0 amide bonds. The predicted molar refractivity (Wildman–Crippen MR) is 116 cm³/mol. The molecule has 0 atom stereocenters. The monoisotopic (exact) mass is 390 g/mol. The third kappa shape index (κ3) is 5.10. The lowest BCUT2D eigenvalue weighted by Crippen LogP contribution is -2.09. The second-order valence-electron chi connectivity index (χ2n) is 6.98. The smallest absolute Gasteiger partial charge is 0.340 e. The van der Waals surface area contributed by atoms with Crippen molar-refractivity contribution in [1.29, 1.82) is 0 Å². The fraction of sp³-hybridized carbons (Fsp3) is 0.261. The molecule has 2 N–H and O–H groups in total. The number of ether oxygens (including phenoxy) is 1. The van der Waals surface area contributed by atoms with Gasteiger partial charge in [0.15, 0.2) is 0 Å². The van der Waals surface area contributed by atoms with Gasteiger partial charge in [0.25, 0.3) is 0 Å². The fourth-order valence-corrected chi connectivity index (χ4v) is 3.04. The first kappa shape index (κ1) is 20.3. The number of rotatable bonds is 7. The number of benzene rings is 2. The molecule has 6 nitrogen and oxygen atoms in total. The van der Waals surface area contributed by atoms with Gasteiger partial charge in [0.2, 0.25) is 5.95 Å². The highest BCUT2D eigenvalue weighted by atomic mass is 16.5. The molecule has 2 aromatic carbocycles. The van der Waals surface area contributed by atoms with E-state index in [0.717, 1.165) is 11.4 Å². The lowest BCUT2D eigenvalue weighted by Gasteiger charge is -2.15. The minimum absolute atomic E-state index is 0.323. The number of aryl methyl sites for hydroxylation is 1. The molecule has 0 aliphatic carbocycles. The van der Waals surface area contributed by atoms with Crippen molar-refractivity contribution in [2.45, 2.75) is 33.6 Å². The average Bonchev–Trinajstić information content (AvgIpc) is 2.68. The summed E-state index contributed by atoms with van der Waals surface area (Å²) in [6.07, 6.45) is 0. The predicted octanol–water partition coefficient (Wildman–Crippen LogP) is 5.57. The largest absolute Gasteiger partial charge is 0.462 e. The van der Waals surface area contributed by atoms with E-state index >= 15 is 0 Å². The molecule has 0 aliphatic rings. The lowest BCUT2D eigenvalue weighted by atomic mass is 10.0. The molecular weight excluding hydrogens is 364 g/mol. The van der Waals surface area contributed by atoms with E-state index in [0.29, 0.717) is 35.5 Å². The number of hydrogen-bond acceptors (Lipinski definition) is 6. The van der Waals surface area contributed by atoms with Crippen LogP contribution in [-0.2, 0) is 4.74 Å². The van der Waals surface area contributed by atoms with Crippen LogP contribution in [0.15, 0.2) is 54.6 Å². The van der Waals surface area contributed by atoms with Crippen LogP contribution in [0.25, 0.3) is 0 Å². The van der Waals surface area contributed by atoms with Crippen LogP contribution in [0.5, 0.6) is 0 Å². The maximum absolute atomic E-state index is 12.2. The van der Waals surface area contributed by atoms with E-state index in [-0.39, 0.29) is 5.97 Å². The van der Waals surface area contributed by atoms with Crippen molar-refractivity contribution in [3.05, 3.63) is 71.4 Å². The molecule has 0 unspecified atom stereocenters. The van der Waals surface area contributed by atoms with Gasteiger partial charge >= 0.3 is 5.97 Å². The molecule has 0 aliphatic heterocycles. The molecule has 3 rings (SSSR count). The summed E-state index contributed by atoms with van der Waals surface area (Å²) in [6.45, 7) is 8.31. The van der Waals surface area contributed by atoms with Gasteiger partial charge < -0.3 is 15.4 Å². The maximum atomic E-state index is 12.2. The van der Waals surface area contributed by atoms with E-state index in [1.54, 1.807) is 19.1 Å². The Morgan fingerprint density at radius 3 is 2.41 bits per heavy atom. The number of esters is 1. The highest BCUT2D eigenvalue weighted by Gasteiger charge is 2.13. The number of aromatic nitrogens is 2. The van der Waals surface area contributed by atoms with Crippen LogP contribution in [0.3, 0.4) is 0 Å². The number of para-hydroxylation sites is 2. The zero-order valence-corrected chi connectivity index (χ0v) is 17.2. The Labute approximate surface area is 171 Å². The molecule has 0 bridgehead atoms. The van der Waals surface area contributed by atoms with Gasteiger partial charge in [-0.15, -0.1) is 0 Å². The normalized spacial score (nSPS) is 10.7. The molecular formula is C23H26N4O2. The Balaban J connectivity index is 1.89. The summed E-state index contributed by atoms with van der Waals surface area (Å²) in [6, 6.07) is 17.2. The summed E-state index contributed by atoms with van der Waals surface area (Å²) in [5, 5.41) is 6.55. The average molecular weight is 390 g/mol. The van der Waals surface area contributed by atoms with Gasteiger partial charge in [-0.25, -0.2) is 9.78 Å².